The largest absolute Gasteiger partial charge is 0.454 e. The number of hydrogen-bond donors (Lipinski definition) is 1. The van der Waals surface area contributed by atoms with Crippen LogP contribution in [0, 0.1) is 5.92 Å². The van der Waals surface area contributed by atoms with Gasteiger partial charge in [-0.1, -0.05) is 39.7 Å². The molecule has 4 heteroatoms. The van der Waals surface area contributed by atoms with E-state index >= 15 is 0 Å². The van der Waals surface area contributed by atoms with E-state index in [1.807, 2.05) is 0 Å². The van der Waals surface area contributed by atoms with Gasteiger partial charge in [0.25, 0.3) is 0 Å². The zero-order valence-corrected chi connectivity index (χ0v) is 16.6. The predicted octanol–water partition coefficient (Wildman–Crippen LogP) is 5.05. The SMILES string of the molecule is CCCC(CCC(CC)N1CC=C(CC)N1)Cc1ccc2c(c1)OCO2. The number of ether oxygens (including phenoxy) is 2. The normalized spacial score (nSPS) is 18.5. The average molecular weight is 359 g/mol. The molecule has 1 N–H and O–H groups in total. The van der Waals surface area contributed by atoms with E-state index in [0.29, 0.717) is 12.8 Å². The molecule has 0 aromatic heterocycles. The fourth-order valence-corrected chi connectivity index (χ4v) is 4.11. The lowest BCUT2D eigenvalue weighted by Gasteiger charge is -2.29. The molecular weight excluding hydrogens is 324 g/mol. The van der Waals surface area contributed by atoms with Crippen LogP contribution in [0.2, 0.25) is 0 Å². The maximum absolute atomic E-state index is 5.54. The number of hydrogen-bond acceptors (Lipinski definition) is 4. The number of nitrogens with one attached hydrogen (secondary N) is 1. The Morgan fingerprint density at radius 3 is 2.65 bits per heavy atom. The Morgan fingerprint density at radius 1 is 1.08 bits per heavy atom. The molecule has 2 heterocycles. The van der Waals surface area contributed by atoms with E-state index in [0.717, 1.165) is 36.8 Å². The third-order valence-electron chi connectivity index (χ3n) is 5.68. The van der Waals surface area contributed by atoms with Crippen molar-refractivity contribution < 1.29 is 9.47 Å². The molecule has 1 aromatic carbocycles. The van der Waals surface area contributed by atoms with Gasteiger partial charge >= 0.3 is 0 Å². The fraction of sp³-hybridized carbons (Fsp3) is 0.636. The summed E-state index contributed by atoms with van der Waals surface area (Å²) in [5.41, 5.74) is 6.33. The molecule has 1 aromatic rings. The van der Waals surface area contributed by atoms with Crippen molar-refractivity contribution in [2.75, 3.05) is 13.3 Å². The zero-order valence-electron chi connectivity index (χ0n) is 16.6. The highest BCUT2D eigenvalue weighted by Crippen LogP contribution is 2.34. The van der Waals surface area contributed by atoms with Crippen LogP contribution in [0.3, 0.4) is 0 Å². The van der Waals surface area contributed by atoms with Crippen LogP contribution < -0.4 is 14.9 Å². The first-order valence-electron chi connectivity index (χ1n) is 10.3. The smallest absolute Gasteiger partial charge is 0.231 e. The molecule has 0 spiro atoms. The maximum atomic E-state index is 5.54. The first-order valence-corrected chi connectivity index (χ1v) is 10.3. The van der Waals surface area contributed by atoms with Gasteiger partial charge in [-0.3, -0.25) is 0 Å². The van der Waals surface area contributed by atoms with Crippen LogP contribution >= 0.6 is 0 Å². The summed E-state index contributed by atoms with van der Waals surface area (Å²) in [7, 11) is 0. The Morgan fingerprint density at radius 2 is 1.92 bits per heavy atom. The van der Waals surface area contributed by atoms with Crippen molar-refractivity contribution in [1.29, 1.82) is 0 Å². The van der Waals surface area contributed by atoms with Crippen LogP contribution in [-0.4, -0.2) is 24.4 Å². The van der Waals surface area contributed by atoms with Crippen LogP contribution in [0.1, 0.15) is 64.9 Å². The van der Waals surface area contributed by atoms with Crippen molar-refractivity contribution in [1.82, 2.24) is 10.4 Å². The van der Waals surface area contributed by atoms with Crippen LogP contribution in [-0.2, 0) is 6.42 Å². The molecule has 2 unspecified atom stereocenters. The first kappa shape index (κ1) is 19.1. The maximum Gasteiger partial charge on any atom is 0.231 e. The average Bonchev–Trinajstić information content (AvgIpc) is 3.31. The molecule has 2 aliphatic rings. The molecule has 2 atom stereocenters. The van der Waals surface area contributed by atoms with Gasteiger partial charge in [0.05, 0.1) is 0 Å². The van der Waals surface area contributed by atoms with Crippen LogP contribution in [0.15, 0.2) is 30.0 Å². The Bertz CT molecular complexity index is 614. The van der Waals surface area contributed by atoms with Crippen molar-refractivity contribution in [2.45, 2.75) is 71.8 Å². The van der Waals surface area contributed by atoms with Crippen molar-refractivity contribution in [3.63, 3.8) is 0 Å². The number of rotatable bonds is 10. The molecular formula is C22H34N2O2. The molecule has 144 valence electrons. The minimum Gasteiger partial charge on any atom is -0.454 e. The zero-order chi connectivity index (χ0) is 18.4. The van der Waals surface area contributed by atoms with Gasteiger partial charge in [-0.05, 0) is 61.8 Å². The number of allylic oxidation sites excluding steroid dienone is 1. The summed E-state index contributed by atoms with van der Waals surface area (Å²) in [5.74, 6) is 2.52. The van der Waals surface area contributed by atoms with Crippen LogP contribution in [0.4, 0.5) is 0 Å². The van der Waals surface area contributed by atoms with E-state index in [-0.39, 0.29) is 0 Å². The molecule has 0 aliphatic carbocycles. The first-order chi connectivity index (χ1) is 12.7. The minimum absolute atomic E-state index is 0.353. The summed E-state index contributed by atoms with van der Waals surface area (Å²) >= 11 is 0. The molecule has 2 aliphatic heterocycles. The van der Waals surface area contributed by atoms with Crippen LogP contribution in [0.25, 0.3) is 0 Å². The Labute approximate surface area is 158 Å². The van der Waals surface area contributed by atoms with Gasteiger partial charge in [-0.2, -0.15) is 0 Å². The summed E-state index contributed by atoms with van der Waals surface area (Å²) < 4.78 is 11.0. The van der Waals surface area contributed by atoms with Gasteiger partial charge < -0.3 is 14.9 Å². The molecule has 0 saturated heterocycles. The van der Waals surface area contributed by atoms with Crippen molar-refractivity contribution in [3.05, 3.63) is 35.5 Å². The monoisotopic (exact) mass is 358 g/mol. The molecule has 0 radical (unpaired) electrons. The van der Waals surface area contributed by atoms with Crippen molar-refractivity contribution in [2.24, 2.45) is 5.92 Å². The number of hydrazine groups is 1. The molecule has 0 amide bonds. The van der Waals surface area contributed by atoms with E-state index in [4.69, 9.17) is 9.47 Å². The minimum atomic E-state index is 0.353. The summed E-state index contributed by atoms with van der Waals surface area (Å²) in [6, 6.07) is 7.04. The Kier molecular flexibility index (Phi) is 6.84. The summed E-state index contributed by atoms with van der Waals surface area (Å²) in [6.45, 7) is 8.21. The van der Waals surface area contributed by atoms with E-state index in [9.17, 15) is 0 Å². The van der Waals surface area contributed by atoms with Gasteiger partial charge in [-0.25, -0.2) is 5.01 Å². The lowest BCUT2D eigenvalue weighted by atomic mass is 9.89. The van der Waals surface area contributed by atoms with E-state index in [1.165, 1.54) is 43.4 Å². The molecule has 0 fully saturated rings. The molecule has 3 rings (SSSR count). The number of benzene rings is 1. The molecule has 26 heavy (non-hydrogen) atoms. The van der Waals surface area contributed by atoms with E-state index < -0.39 is 0 Å². The standard InChI is InChI=1S/C22H34N2O2/c1-4-7-17(14-18-9-11-21-22(15-18)26-16-25-21)8-10-20(6-3)24-13-12-19(5-2)23-24/h9,11-12,15,17,20,23H,4-8,10,13-14,16H2,1-3H3. The Hall–Kier alpha value is -1.68. The van der Waals surface area contributed by atoms with Gasteiger partial charge in [0.2, 0.25) is 6.79 Å². The second kappa shape index (κ2) is 9.31. The Balaban J connectivity index is 1.54. The lowest BCUT2D eigenvalue weighted by Crippen LogP contribution is -2.41. The van der Waals surface area contributed by atoms with E-state index in [1.54, 1.807) is 0 Å². The van der Waals surface area contributed by atoms with Crippen molar-refractivity contribution >= 4 is 0 Å². The highest BCUT2D eigenvalue weighted by Gasteiger charge is 2.22. The van der Waals surface area contributed by atoms with Gasteiger partial charge in [-0.15, -0.1) is 0 Å². The fourth-order valence-electron chi connectivity index (χ4n) is 4.11. The summed E-state index contributed by atoms with van der Waals surface area (Å²) in [6.07, 6.45) is 10.8. The van der Waals surface area contributed by atoms with Crippen molar-refractivity contribution in [3.8, 4) is 11.5 Å². The number of fused-ring (bicyclic) bond motifs is 1. The van der Waals surface area contributed by atoms with Gasteiger partial charge in [0.1, 0.15) is 0 Å². The third kappa shape index (κ3) is 4.73. The highest BCUT2D eigenvalue weighted by atomic mass is 16.7. The lowest BCUT2D eigenvalue weighted by molar-refractivity contribution is 0.155. The van der Waals surface area contributed by atoms with Crippen LogP contribution in [0.5, 0.6) is 11.5 Å². The van der Waals surface area contributed by atoms with E-state index in [2.05, 4.69) is 55.5 Å². The number of nitrogens with zero attached hydrogens (tertiary/aromatic N) is 1. The summed E-state index contributed by atoms with van der Waals surface area (Å²) in [5, 5.41) is 2.43. The molecule has 0 saturated carbocycles. The van der Waals surface area contributed by atoms with Gasteiger partial charge in [0, 0.05) is 18.3 Å². The van der Waals surface area contributed by atoms with Gasteiger partial charge in [0.15, 0.2) is 11.5 Å². The topological polar surface area (TPSA) is 33.7 Å². The summed E-state index contributed by atoms with van der Waals surface area (Å²) in [4.78, 5) is 0. The third-order valence-corrected chi connectivity index (χ3v) is 5.68. The second-order valence-electron chi connectivity index (χ2n) is 7.53. The second-order valence-corrected chi connectivity index (χ2v) is 7.53. The molecule has 0 bridgehead atoms. The molecule has 4 nitrogen and oxygen atoms in total. The quantitative estimate of drug-likeness (QED) is 0.635. The predicted molar refractivity (Wildman–Crippen MR) is 106 cm³/mol. The highest BCUT2D eigenvalue weighted by molar-refractivity contribution is 5.44.